The van der Waals surface area contributed by atoms with Gasteiger partial charge in [0.05, 0.1) is 16.0 Å². The number of benzene rings is 1. The van der Waals surface area contributed by atoms with E-state index in [1.54, 1.807) is 36.2 Å². The number of aryl methyl sites for hydroxylation is 1. The predicted octanol–water partition coefficient (Wildman–Crippen LogP) is 1.40. The second-order valence-corrected chi connectivity index (χ2v) is 7.80. The molecule has 0 saturated carbocycles. The first-order valence-corrected chi connectivity index (χ1v) is 9.68. The Labute approximate surface area is 163 Å². The van der Waals surface area contributed by atoms with E-state index in [9.17, 15) is 18.8 Å². The van der Waals surface area contributed by atoms with Gasteiger partial charge in [-0.1, -0.05) is 12.1 Å². The molecule has 1 aliphatic heterocycles. The maximum absolute atomic E-state index is 14.0. The normalized spacial score (nSPS) is 14.7. The van der Waals surface area contributed by atoms with E-state index in [2.05, 4.69) is 0 Å². The molecule has 0 aliphatic carbocycles. The molecular formula is C19H19FN4O3S. The Kier molecular flexibility index (Phi) is 4.54. The molecule has 3 aromatic rings. The highest BCUT2D eigenvalue weighted by molar-refractivity contribution is 7.20. The predicted molar refractivity (Wildman–Crippen MR) is 107 cm³/mol. The van der Waals surface area contributed by atoms with Crippen LogP contribution in [0.3, 0.4) is 0 Å². The summed E-state index contributed by atoms with van der Waals surface area (Å²) in [6.07, 6.45) is 0. The van der Waals surface area contributed by atoms with Gasteiger partial charge in [-0.05, 0) is 18.2 Å². The highest BCUT2D eigenvalue weighted by Gasteiger charge is 2.25. The summed E-state index contributed by atoms with van der Waals surface area (Å²) in [7, 11) is 3.01. The number of nitrogens with zero attached hydrogens (tertiary/aromatic N) is 4. The van der Waals surface area contributed by atoms with Gasteiger partial charge in [0.15, 0.2) is 0 Å². The Balaban J connectivity index is 1.57. The Morgan fingerprint density at radius 1 is 1.04 bits per heavy atom. The number of aromatic nitrogens is 2. The van der Waals surface area contributed by atoms with Gasteiger partial charge >= 0.3 is 5.69 Å². The summed E-state index contributed by atoms with van der Waals surface area (Å²) < 4.78 is 16.4. The Hall–Kier alpha value is -2.94. The molecule has 0 unspecified atom stereocenters. The van der Waals surface area contributed by atoms with Gasteiger partial charge in [-0.15, -0.1) is 11.3 Å². The zero-order valence-corrected chi connectivity index (χ0v) is 16.3. The smallest absolute Gasteiger partial charge is 0.331 e. The summed E-state index contributed by atoms with van der Waals surface area (Å²) in [4.78, 5) is 41.9. The Bertz CT molecular complexity index is 1190. The summed E-state index contributed by atoms with van der Waals surface area (Å²) in [5.74, 6) is -0.451. The molecule has 0 N–H and O–H groups in total. The van der Waals surface area contributed by atoms with Crippen LogP contribution in [0.5, 0.6) is 0 Å². The molecule has 7 nitrogen and oxygen atoms in total. The van der Waals surface area contributed by atoms with E-state index in [0.29, 0.717) is 47.0 Å². The first-order chi connectivity index (χ1) is 13.4. The molecule has 9 heteroatoms. The number of para-hydroxylation sites is 1. The summed E-state index contributed by atoms with van der Waals surface area (Å²) in [5.41, 5.74) is -0.287. The van der Waals surface area contributed by atoms with Gasteiger partial charge in [0.25, 0.3) is 11.5 Å². The lowest BCUT2D eigenvalue weighted by Crippen LogP contribution is -2.48. The summed E-state index contributed by atoms with van der Waals surface area (Å²) in [5, 5.41) is 0.364. The lowest BCUT2D eigenvalue weighted by atomic mass is 10.2. The molecular weight excluding hydrogens is 383 g/mol. The molecule has 28 heavy (non-hydrogen) atoms. The van der Waals surface area contributed by atoms with Crippen molar-refractivity contribution in [2.24, 2.45) is 14.1 Å². The highest BCUT2D eigenvalue weighted by atomic mass is 32.1. The van der Waals surface area contributed by atoms with E-state index < -0.39 is 11.2 Å². The van der Waals surface area contributed by atoms with Crippen LogP contribution < -0.4 is 16.1 Å². The third-order valence-corrected chi connectivity index (χ3v) is 6.30. The lowest BCUT2D eigenvalue weighted by molar-refractivity contribution is 0.0751. The van der Waals surface area contributed by atoms with Crippen molar-refractivity contribution in [1.29, 1.82) is 0 Å². The zero-order valence-electron chi connectivity index (χ0n) is 15.5. The van der Waals surface area contributed by atoms with Gasteiger partial charge in [0, 0.05) is 40.3 Å². The zero-order chi connectivity index (χ0) is 20.0. The number of fused-ring (bicyclic) bond motifs is 1. The van der Waals surface area contributed by atoms with Crippen molar-refractivity contribution >= 4 is 33.1 Å². The number of carbonyl (C=O) groups excluding carboxylic acids is 1. The van der Waals surface area contributed by atoms with Crippen LogP contribution in [-0.2, 0) is 14.1 Å². The van der Waals surface area contributed by atoms with Crippen molar-refractivity contribution in [3.05, 3.63) is 61.9 Å². The summed E-state index contributed by atoms with van der Waals surface area (Å²) in [6, 6.07) is 8.16. The minimum Gasteiger partial charge on any atom is -0.366 e. The quantitative estimate of drug-likeness (QED) is 0.650. The van der Waals surface area contributed by atoms with Gasteiger partial charge in [-0.2, -0.15) is 0 Å². The summed E-state index contributed by atoms with van der Waals surface area (Å²) in [6.45, 7) is 1.96. The summed E-state index contributed by atoms with van der Waals surface area (Å²) >= 11 is 1.15. The molecule has 1 aliphatic rings. The molecule has 1 amide bonds. The van der Waals surface area contributed by atoms with Gasteiger partial charge in [-0.25, -0.2) is 9.18 Å². The maximum atomic E-state index is 14.0. The van der Waals surface area contributed by atoms with E-state index in [1.165, 1.54) is 17.7 Å². The average molecular weight is 402 g/mol. The number of anilines is 1. The molecule has 3 heterocycles. The fourth-order valence-electron chi connectivity index (χ4n) is 3.48. The molecule has 1 fully saturated rings. The maximum Gasteiger partial charge on any atom is 0.331 e. The second kappa shape index (κ2) is 6.90. The van der Waals surface area contributed by atoms with E-state index in [-0.39, 0.29) is 11.7 Å². The van der Waals surface area contributed by atoms with Crippen LogP contribution in [0.1, 0.15) is 9.67 Å². The van der Waals surface area contributed by atoms with Gasteiger partial charge in [0.2, 0.25) is 0 Å². The molecule has 1 aromatic carbocycles. The van der Waals surface area contributed by atoms with Gasteiger partial charge in [-0.3, -0.25) is 18.7 Å². The monoisotopic (exact) mass is 402 g/mol. The SMILES string of the molecule is Cn1c(=O)c2cc(C(=O)N3CCN(c4ccccc4F)CC3)sc2n(C)c1=O. The molecule has 0 atom stereocenters. The van der Waals surface area contributed by atoms with Crippen molar-refractivity contribution in [2.45, 2.75) is 0 Å². The van der Waals surface area contributed by atoms with Gasteiger partial charge < -0.3 is 9.80 Å². The van der Waals surface area contributed by atoms with Crippen LogP contribution >= 0.6 is 11.3 Å². The third kappa shape index (κ3) is 2.91. The topological polar surface area (TPSA) is 67.6 Å². The van der Waals surface area contributed by atoms with Crippen LogP contribution in [0.4, 0.5) is 10.1 Å². The molecule has 4 rings (SSSR count). The first-order valence-electron chi connectivity index (χ1n) is 8.87. The molecule has 0 bridgehead atoms. The highest BCUT2D eigenvalue weighted by Crippen LogP contribution is 2.25. The molecule has 2 aromatic heterocycles. The number of rotatable bonds is 2. The van der Waals surface area contributed by atoms with Crippen molar-refractivity contribution < 1.29 is 9.18 Å². The molecule has 1 saturated heterocycles. The van der Waals surface area contributed by atoms with E-state index in [4.69, 9.17) is 0 Å². The second-order valence-electron chi connectivity index (χ2n) is 6.77. The van der Waals surface area contributed by atoms with E-state index in [1.807, 2.05) is 4.90 Å². The minimum atomic E-state index is -0.420. The van der Waals surface area contributed by atoms with Crippen LogP contribution in [-0.4, -0.2) is 46.1 Å². The number of carbonyl (C=O) groups is 1. The number of thiophene rings is 1. The largest absolute Gasteiger partial charge is 0.366 e. The lowest BCUT2D eigenvalue weighted by Gasteiger charge is -2.36. The number of piperazine rings is 1. The number of hydrogen-bond donors (Lipinski definition) is 0. The minimum absolute atomic E-state index is 0.177. The Morgan fingerprint density at radius 3 is 2.39 bits per heavy atom. The van der Waals surface area contributed by atoms with Crippen LogP contribution in [0.2, 0.25) is 0 Å². The van der Waals surface area contributed by atoms with E-state index in [0.717, 1.165) is 15.9 Å². The fourth-order valence-corrected chi connectivity index (χ4v) is 4.56. The van der Waals surface area contributed by atoms with Gasteiger partial charge in [0.1, 0.15) is 10.6 Å². The number of hydrogen-bond acceptors (Lipinski definition) is 5. The average Bonchev–Trinajstić information content (AvgIpc) is 3.16. The van der Waals surface area contributed by atoms with Crippen LogP contribution in [0, 0.1) is 5.82 Å². The molecule has 0 radical (unpaired) electrons. The van der Waals surface area contributed by atoms with Crippen molar-refractivity contribution in [1.82, 2.24) is 14.0 Å². The first kappa shape index (κ1) is 18.4. The standard InChI is InChI=1S/C19H19FN4O3S/c1-21-16(25)12-11-15(28-18(12)22(2)19(21)27)17(26)24-9-7-23(8-10-24)14-6-4-3-5-13(14)20/h3-6,11H,7-10H2,1-2H3. The fraction of sp³-hybridized carbons (Fsp3) is 0.316. The Morgan fingerprint density at radius 2 is 1.71 bits per heavy atom. The van der Waals surface area contributed by atoms with Crippen molar-refractivity contribution in [3.8, 4) is 0 Å². The molecule has 146 valence electrons. The van der Waals surface area contributed by atoms with Crippen LogP contribution in [0.15, 0.2) is 39.9 Å². The van der Waals surface area contributed by atoms with Crippen molar-refractivity contribution in [3.63, 3.8) is 0 Å². The number of amides is 1. The van der Waals surface area contributed by atoms with E-state index >= 15 is 0 Å². The van der Waals surface area contributed by atoms with Crippen LogP contribution in [0.25, 0.3) is 10.2 Å². The molecule has 0 spiro atoms. The third-order valence-electron chi connectivity index (χ3n) is 5.10. The van der Waals surface area contributed by atoms with Crippen molar-refractivity contribution in [2.75, 3.05) is 31.1 Å². The number of halogens is 1.